The van der Waals surface area contributed by atoms with Crippen molar-refractivity contribution in [3.8, 4) is 0 Å². The number of ether oxygens (including phenoxy) is 1. The predicted molar refractivity (Wildman–Crippen MR) is 82.7 cm³/mol. The van der Waals surface area contributed by atoms with Gasteiger partial charge in [0.1, 0.15) is 29.9 Å². The fraction of sp³-hybridized carbons (Fsp3) is 1.00. The van der Waals surface area contributed by atoms with Crippen molar-refractivity contribution < 1.29 is 25.2 Å². The maximum Gasteiger partial charge on any atom is 0.146 e. The Balaban J connectivity index is 2.57. The summed E-state index contributed by atoms with van der Waals surface area (Å²) in [6.45, 7) is 5.55. The van der Waals surface area contributed by atoms with Gasteiger partial charge in [-0.3, -0.25) is 0 Å². The molecule has 1 heterocycles. The lowest BCUT2D eigenvalue weighted by Gasteiger charge is -2.25. The fourth-order valence-corrected chi connectivity index (χ4v) is 3.44. The van der Waals surface area contributed by atoms with Crippen molar-refractivity contribution >= 4 is 11.9 Å². The first-order valence-electron chi connectivity index (χ1n) is 7.77. The number of unbranched alkanes of at least 4 members (excludes halogenated alkanes) is 2. The van der Waals surface area contributed by atoms with Crippen molar-refractivity contribution in [2.45, 2.75) is 69.4 Å². The molecule has 0 aromatic carbocycles. The van der Waals surface area contributed by atoms with Crippen LogP contribution in [0.3, 0.4) is 0 Å². The summed E-state index contributed by atoms with van der Waals surface area (Å²) < 4.78 is 7.69. The molecule has 6 nitrogen and oxygen atoms in total. The summed E-state index contributed by atoms with van der Waals surface area (Å²) in [6.07, 6.45) is -0.0648. The van der Waals surface area contributed by atoms with Gasteiger partial charge in [-0.15, -0.1) is 0 Å². The molecule has 1 aliphatic heterocycles. The third kappa shape index (κ3) is 5.67. The van der Waals surface area contributed by atoms with Gasteiger partial charge in [-0.2, -0.15) is 0 Å². The van der Waals surface area contributed by atoms with E-state index in [4.69, 9.17) is 9.84 Å². The van der Waals surface area contributed by atoms with Gasteiger partial charge in [0.05, 0.1) is 6.61 Å². The van der Waals surface area contributed by atoms with Crippen molar-refractivity contribution in [1.82, 2.24) is 4.31 Å². The Morgan fingerprint density at radius 1 is 1.10 bits per heavy atom. The van der Waals surface area contributed by atoms with Crippen LogP contribution in [-0.4, -0.2) is 74.3 Å². The van der Waals surface area contributed by atoms with Crippen LogP contribution in [0.2, 0.25) is 0 Å². The van der Waals surface area contributed by atoms with Crippen LogP contribution in [0.4, 0.5) is 0 Å². The first kappa shape index (κ1) is 19.2. The summed E-state index contributed by atoms with van der Waals surface area (Å²) in [7, 11) is 0. The smallest absolute Gasteiger partial charge is 0.146 e. The van der Waals surface area contributed by atoms with Crippen LogP contribution in [0.1, 0.15) is 39.5 Å². The molecule has 0 aliphatic carbocycles. The normalized spacial score (nSPS) is 31.0. The van der Waals surface area contributed by atoms with Crippen LogP contribution >= 0.6 is 11.9 Å². The minimum atomic E-state index is -1.18. The van der Waals surface area contributed by atoms with E-state index in [0.29, 0.717) is 0 Å². The molecule has 0 saturated carbocycles. The van der Waals surface area contributed by atoms with Crippen molar-refractivity contribution in [2.75, 3.05) is 19.7 Å². The number of hydrogen-bond donors (Lipinski definition) is 4. The topological polar surface area (TPSA) is 93.4 Å². The van der Waals surface area contributed by atoms with Crippen molar-refractivity contribution in [3.05, 3.63) is 0 Å². The molecular weight excluding hydrogens is 294 g/mol. The predicted octanol–water partition coefficient (Wildman–Crippen LogP) is 0.337. The fourth-order valence-electron chi connectivity index (χ4n) is 2.21. The van der Waals surface area contributed by atoms with Crippen LogP contribution in [0.5, 0.6) is 0 Å². The average Bonchev–Trinajstić information content (AvgIpc) is 2.77. The Kier molecular flexibility index (Phi) is 9.12. The van der Waals surface area contributed by atoms with Gasteiger partial charge in [0, 0.05) is 13.1 Å². The van der Waals surface area contributed by atoms with Gasteiger partial charge >= 0.3 is 0 Å². The molecule has 7 heteroatoms. The van der Waals surface area contributed by atoms with E-state index in [1.807, 2.05) is 0 Å². The molecule has 0 bridgehead atoms. The van der Waals surface area contributed by atoms with Gasteiger partial charge in [0.2, 0.25) is 0 Å². The van der Waals surface area contributed by atoms with Crippen LogP contribution in [0.15, 0.2) is 0 Å². The molecule has 4 N–H and O–H groups in total. The van der Waals surface area contributed by atoms with Crippen LogP contribution < -0.4 is 0 Å². The Labute approximate surface area is 131 Å². The largest absolute Gasteiger partial charge is 0.394 e. The van der Waals surface area contributed by atoms with Crippen LogP contribution in [-0.2, 0) is 4.74 Å². The van der Waals surface area contributed by atoms with Crippen molar-refractivity contribution in [2.24, 2.45) is 0 Å². The minimum Gasteiger partial charge on any atom is -0.394 e. The summed E-state index contributed by atoms with van der Waals surface area (Å²) in [6, 6.07) is 0. The van der Waals surface area contributed by atoms with E-state index >= 15 is 0 Å². The summed E-state index contributed by atoms with van der Waals surface area (Å²) in [5.41, 5.74) is -0.611. The maximum absolute atomic E-state index is 10.1. The van der Waals surface area contributed by atoms with E-state index in [1.54, 1.807) is 0 Å². The summed E-state index contributed by atoms with van der Waals surface area (Å²) in [4.78, 5) is 0. The number of nitrogens with zero attached hydrogens (tertiary/aromatic N) is 1. The zero-order valence-electron chi connectivity index (χ0n) is 12.9. The van der Waals surface area contributed by atoms with E-state index in [2.05, 4.69) is 18.2 Å². The number of rotatable bonds is 10. The molecule has 21 heavy (non-hydrogen) atoms. The molecular formula is C14H29NO5S. The number of hydrogen-bond acceptors (Lipinski definition) is 7. The Hall–Kier alpha value is 0.110. The molecule has 1 fully saturated rings. The van der Waals surface area contributed by atoms with E-state index in [-0.39, 0.29) is 0 Å². The SMILES string of the molecule is CCCCN(CCCC)S[C@@H]1O[C@@H]([C@H](O)CO)[C@H](O)[C@H]1O. The van der Waals surface area contributed by atoms with Gasteiger partial charge in [0.15, 0.2) is 0 Å². The third-order valence-electron chi connectivity index (χ3n) is 3.60. The van der Waals surface area contributed by atoms with E-state index < -0.39 is 36.5 Å². The Morgan fingerprint density at radius 2 is 1.67 bits per heavy atom. The lowest BCUT2D eigenvalue weighted by molar-refractivity contribution is -0.0715. The standard InChI is InChI=1S/C14H29NO5S/c1-3-5-7-15(8-6-4-2)21-14-12(19)11(18)13(20-14)10(17)9-16/h10-14,16-19H,3-9H2,1-2H3/t10-,11-,12-,13+,14+/m1/s1. The molecule has 0 aromatic heterocycles. The van der Waals surface area contributed by atoms with Gasteiger partial charge < -0.3 is 25.2 Å². The molecule has 0 radical (unpaired) electrons. The second kappa shape index (κ2) is 9.99. The van der Waals surface area contributed by atoms with Crippen LogP contribution in [0.25, 0.3) is 0 Å². The first-order valence-corrected chi connectivity index (χ1v) is 8.61. The lowest BCUT2D eigenvalue weighted by Crippen LogP contribution is -2.40. The highest BCUT2D eigenvalue weighted by molar-refractivity contribution is 7.97. The molecule has 5 atom stereocenters. The van der Waals surface area contributed by atoms with Gasteiger partial charge in [-0.05, 0) is 24.8 Å². The van der Waals surface area contributed by atoms with Crippen molar-refractivity contribution in [3.63, 3.8) is 0 Å². The summed E-state index contributed by atoms with van der Waals surface area (Å²) >= 11 is 1.38. The Bertz CT molecular complexity index is 276. The molecule has 0 spiro atoms. The average molecular weight is 323 g/mol. The molecule has 0 unspecified atom stereocenters. The second-order valence-electron chi connectivity index (χ2n) is 5.44. The molecule has 0 amide bonds. The monoisotopic (exact) mass is 323 g/mol. The molecule has 126 valence electrons. The highest BCUT2D eigenvalue weighted by Crippen LogP contribution is 2.33. The van der Waals surface area contributed by atoms with E-state index in [9.17, 15) is 15.3 Å². The lowest BCUT2D eigenvalue weighted by atomic mass is 10.1. The number of aliphatic hydroxyl groups excluding tert-OH is 4. The van der Waals surface area contributed by atoms with Crippen molar-refractivity contribution in [1.29, 1.82) is 0 Å². The zero-order valence-corrected chi connectivity index (χ0v) is 13.7. The van der Waals surface area contributed by atoms with Gasteiger partial charge in [0.25, 0.3) is 0 Å². The molecule has 1 aliphatic rings. The third-order valence-corrected chi connectivity index (χ3v) is 4.86. The Morgan fingerprint density at radius 3 is 2.14 bits per heavy atom. The summed E-state index contributed by atoms with van der Waals surface area (Å²) in [5.74, 6) is 0. The van der Waals surface area contributed by atoms with Gasteiger partial charge in [-0.25, -0.2) is 4.31 Å². The highest BCUT2D eigenvalue weighted by Gasteiger charge is 2.46. The maximum atomic E-state index is 10.1. The quantitative estimate of drug-likeness (QED) is 0.431. The zero-order chi connectivity index (χ0) is 15.8. The highest BCUT2D eigenvalue weighted by atomic mass is 32.2. The number of aliphatic hydroxyl groups is 4. The van der Waals surface area contributed by atoms with E-state index in [1.165, 1.54) is 11.9 Å². The summed E-state index contributed by atoms with van der Waals surface area (Å²) in [5, 5.41) is 38.5. The van der Waals surface area contributed by atoms with Gasteiger partial charge in [-0.1, -0.05) is 26.7 Å². The minimum absolute atomic E-state index is 0.499. The second-order valence-corrected chi connectivity index (χ2v) is 6.63. The molecule has 1 saturated heterocycles. The molecule has 1 rings (SSSR count). The first-order chi connectivity index (χ1) is 10.0. The van der Waals surface area contributed by atoms with E-state index in [0.717, 1.165) is 38.8 Å². The van der Waals surface area contributed by atoms with Crippen LogP contribution in [0, 0.1) is 0 Å². The molecule has 0 aromatic rings.